The predicted octanol–water partition coefficient (Wildman–Crippen LogP) is 1.49. The number of hydrogen-bond donors (Lipinski definition) is 2. The Morgan fingerprint density at radius 2 is 2.00 bits per heavy atom. The number of amides is 1. The summed E-state index contributed by atoms with van der Waals surface area (Å²) in [6.07, 6.45) is -0.877. The third-order valence-electron chi connectivity index (χ3n) is 4.36. The van der Waals surface area contributed by atoms with Gasteiger partial charge in [0.05, 0.1) is 0 Å². The van der Waals surface area contributed by atoms with Crippen LogP contribution in [-0.2, 0) is 24.4 Å². The number of methoxy groups -OCH3 is 2. The number of anilines is 1. The lowest BCUT2D eigenvalue weighted by atomic mass is 9.68. The van der Waals surface area contributed by atoms with E-state index in [0.29, 0.717) is 22.6 Å². The lowest BCUT2D eigenvalue weighted by Gasteiger charge is -2.37. The molecule has 124 valence electrons. The molecular formula is C17H17N3O4. The number of carbonyl (C=O) groups excluding carboxylic acids is 1. The molecule has 0 bridgehead atoms. The van der Waals surface area contributed by atoms with Gasteiger partial charge in [-0.1, -0.05) is 18.2 Å². The van der Waals surface area contributed by atoms with Gasteiger partial charge < -0.3 is 25.3 Å². The summed E-state index contributed by atoms with van der Waals surface area (Å²) in [6.45, 7) is 1.66. The Labute approximate surface area is 139 Å². The van der Waals surface area contributed by atoms with Crippen LogP contribution in [-0.4, -0.2) is 26.4 Å². The molecule has 0 fully saturated rings. The quantitative estimate of drug-likeness (QED) is 0.815. The maximum absolute atomic E-state index is 13.1. The van der Waals surface area contributed by atoms with Crippen LogP contribution < -0.4 is 11.1 Å². The molecule has 0 radical (unpaired) electrons. The van der Waals surface area contributed by atoms with Crippen LogP contribution in [0.25, 0.3) is 0 Å². The average molecular weight is 327 g/mol. The largest absolute Gasteiger partial charge is 0.445 e. The fraction of sp³-hybridized carbons (Fsp3) is 0.294. The Morgan fingerprint density at radius 1 is 1.33 bits per heavy atom. The van der Waals surface area contributed by atoms with E-state index in [1.54, 1.807) is 31.2 Å². The molecule has 0 saturated carbocycles. The van der Waals surface area contributed by atoms with Crippen molar-refractivity contribution in [3.8, 4) is 6.07 Å². The number of allylic oxidation sites excluding steroid dienone is 1. The van der Waals surface area contributed by atoms with E-state index in [-0.39, 0.29) is 17.4 Å². The second-order valence-electron chi connectivity index (χ2n) is 5.48. The van der Waals surface area contributed by atoms with E-state index in [4.69, 9.17) is 19.9 Å². The van der Waals surface area contributed by atoms with E-state index in [2.05, 4.69) is 5.32 Å². The molecule has 0 saturated heterocycles. The van der Waals surface area contributed by atoms with Gasteiger partial charge in [0.25, 0.3) is 0 Å². The van der Waals surface area contributed by atoms with Crippen molar-refractivity contribution in [2.24, 2.45) is 5.73 Å². The highest BCUT2D eigenvalue weighted by molar-refractivity contribution is 6.12. The summed E-state index contributed by atoms with van der Waals surface area (Å²) in [6, 6.07) is 9.18. The van der Waals surface area contributed by atoms with E-state index < -0.39 is 11.7 Å². The zero-order valence-corrected chi connectivity index (χ0v) is 13.5. The lowest BCUT2D eigenvalue weighted by Crippen LogP contribution is -2.47. The summed E-state index contributed by atoms with van der Waals surface area (Å²) in [5, 5.41) is 12.5. The SMILES string of the molecule is COC(OC)C1=C(C)OC(N)=C(C#N)C12C(=O)Nc1ccccc12. The minimum Gasteiger partial charge on any atom is -0.445 e. The minimum absolute atomic E-state index is 0.0182. The van der Waals surface area contributed by atoms with Crippen molar-refractivity contribution in [2.45, 2.75) is 18.6 Å². The highest BCUT2D eigenvalue weighted by atomic mass is 16.7. The Morgan fingerprint density at radius 3 is 2.62 bits per heavy atom. The maximum atomic E-state index is 13.1. The molecule has 1 spiro atoms. The highest BCUT2D eigenvalue weighted by Crippen LogP contribution is 2.52. The van der Waals surface area contributed by atoms with Crippen LogP contribution in [0.2, 0.25) is 0 Å². The van der Waals surface area contributed by atoms with Crippen molar-refractivity contribution in [1.82, 2.24) is 0 Å². The summed E-state index contributed by atoms with van der Waals surface area (Å²) in [4.78, 5) is 13.1. The van der Waals surface area contributed by atoms with Gasteiger partial charge in [-0.05, 0) is 13.0 Å². The molecule has 24 heavy (non-hydrogen) atoms. The van der Waals surface area contributed by atoms with Crippen LogP contribution in [0.1, 0.15) is 12.5 Å². The molecule has 0 aromatic heterocycles. The van der Waals surface area contributed by atoms with Crippen LogP contribution in [0.5, 0.6) is 0 Å². The van der Waals surface area contributed by atoms with Gasteiger partial charge in [0.15, 0.2) is 6.29 Å². The van der Waals surface area contributed by atoms with Crippen molar-refractivity contribution in [3.63, 3.8) is 0 Å². The van der Waals surface area contributed by atoms with E-state index >= 15 is 0 Å². The molecule has 7 nitrogen and oxygen atoms in total. The lowest BCUT2D eigenvalue weighted by molar-refractivity contribution is -0.122. The van der Waals surface area contributed by atoms with Gasteiger partial charge in [-0.2, -0.15) is 5.26 Å². The molecule has 7 heteroatoms. The van der Waals surface area contributed by atoms with Crippen molar-refractivity contribution in [2.75, 3.05) is 19.5 Å². The topological polar surface area (TPSA) is 107 Å². The highest BCUT2D eigenvalue weighted by Gasteiger charge is 2.59. The van der Waals surface area contributed by atoms with Crippen molar-refractivity contribution < 1.29 is 19.0 Å². The second-order valence-corrected chi connectivity index (χ2v) is 5.48. The van der Waals surface area contributed by atoms with Crippen LogP contribution in [0.4, 0.5) is 5.69 Å². The van der Waals surface area contributed by atoms with Crippen LogP contribution >= 0.6 is 0 Å². The second kappa shape index (κ2) is 5.67. The molecule has 3 rings (SSSR count). The van der Waals surface area contributed by atoms with Gasteiger partial charge in [0.1, 0.15) is 22.8 Å². The van der Waals surface area contributed by atoms with Crippen molar-refractivity contribution >= 4 is 11.6 Å². The number of rotatable bonds is 3. The Balaban J connectivity index is 2.41. The van der Waals surface area contributed by atoms with Crippen molar-refractivity contribution in [3.05, 3.63) is 52.6 Å². The summed E-state index contributed by atoms with van der Waals surface area (Å²) in [5.41, 5.74) is 6.15. The minimum atomic E-state index is -1.44. The zero-order chi connectivity index (χ0) is 17.5. The molecule has 1 aromatic rings. The molecule has 1 amide bonds. The Hall–Kier alpha value is -2.82. The summed E-state index contributed by atoms with van der Waals surface area (Å²) in [7, 11) is 2.91. The standard InChI is InChI=1S/C17H17N3O4/c1-9-13(15(22-2)23-3)17(11(8-18)14(19)24-9)10-6-4-5-7-12(10)20-16(17)21/h4-7,15H,19H2,1-3H3,(H,20,21). The number of nitrogens with zero attached hydrogens (tertiary/aromatic N) is 1. The van der Waals surface area contributed by atoms with E-state index in [1.165, 1.54) is 14.2 Å². The third kappa shape index (κ3) is 1.87. The van der Waals surface area contributed by atoms with Crippen LogP contribution in [0, 0.1) is 11.3 Å². The molecule has 1 atom stereocenters. The Bertz CT molecular complexity index is 817. The maximum Gasteiger partial charge on any atom is 0.245 e. The number of nitrogens with one attached hydrogen (secondary N) is 1. The average Bonchev–Trinajstić information content (AvgIpc) is 2.85. The van der Waals surface area contributed by atoms with E-state index in [0.717, 1.165) is 0 Å². The monoisotopic (exact) mass is 327 g/mol. The summed E-state index contributed by atoms with van der Waals surface area (Å²) >= 11 is 0. The van der Waals surface area contributed by atoms with Gasteiger partial charge in [-0.3, -0.25) is 4.79 Å². The summed E-state index contributed by atoms with van der Waals surface area (Å²) < 4.78 is 16.3. The predicted molar refractivity (Wildman–Crippen MR) is 85.2 cm³/mol. The molecule has 2 aliphatic heterocycles. The van der Waals surface area contributed by atoms with Crippen LogP contribution in [0.3, 0.4) is 0 Å². The smallest absolute Gasteiger partial charge is 0.245 e. The van der Waals surface area contributed by atoms with Gasteiger partial charge >= 0.3 is 0 Å². The third-order valence-corrected chi connectivity index (χ3v) is 4.36. The van der Waals surface area contributed by atoms with Gasteiger partial charge in [-0.15, -0.1) is 0 Å². The first-order valence-corrected chi connectivity index (χ1v) is 7.28. The first kappa shape index (κ1) is 16.1. The number of benzene rings is 1. The summed E-state index contributed by atoms with van der Waals surface area (Å²) in [5.74, 6) is -0.122. The normalized spacial score (nSPS) is 22.5. The molecule has 1 unspecified atom stereocenters. The number of hydrogen-bond acceptors (Lipinski definition) is 6. The van der Waals surface area contributed by atoms with E-state index in [1.807, 2.05) is 6.07 Å². The molecule has 2 heterocycles. The molecular weight excluding hydrogens is 310 g/mol. The number of nitrogens with two attached hydrogens (primary N) is 1. The van der Waals surface area contributed by atoms with E-state index in [9.17, 15) is 10.1 Å². The van der Waals surface area contributed by atoms with Gasteiger partial charge in [-0.25, -0.2) is 0 Å². The molecule has 3 N–H and O–H groups in total. The number of nitriles is 1. The first-order chi connectivity index (χ1) is 11.5. The number of fused-ring (bicyclic) bond motifs is 2. The number of para-hydroxylation sites is 1. The number of ether oxygens (including phenoxy) is 3. The fourth-order valence-electron chi connectivity index (χ4n) is 3.44. The van der Waals surface area contributed by atoms with Crippen LogP contribution in [0.15, 0.2) is 47.1 Å². The number of carbonyl (C=O) groups is 1. The molecule has 2 aliphatic rings. The van der Waals surface area contributed by atoms with Gasteiger partial charge in [0, 0.05) is 31.0 Å². The fourth-order valence-corrected chi connectivity index (χ4v) is 3.44. The first-order valence-electron chi connectivity index (χ1n) is 7.28. The van der Waals surface area contributed by atoms with Gasteiger partial charge in [0.2, 0.25) is 11.8 Å². The van der Waals surface area contributed by atoms with Crippen molar-refractivity contribution in [1.29, 1.82) is 5.26 Å². The molecule has 0 aliphatic carbocycles. The zero-order valence-electron chi connectivity index (χ0n) is 13.5. The Kier molecular flexibility index (Phi) is 3.79. The molecule has 1 aromatic carbocycles.